The number of hydrogen-bond acceptors (Lipinski definition) is 5. The van der Waals surface area contributed by atoms with Gasteiger partial charge in [-0.2, -0.15) is 0 Å². The van der Waals surface area contributed by atoms with Crippen molar-refractivity contribution in [1.82, 2.24) is 10.9 Å². The molecule has 0 fully saturated rings. The molecule has 0 aliphatic carbocycles. The maximum Gasteiger partial charge on any atom is 0.338 e. The van der Waals surface area contributed by atoms with Gasteiger partial charge in [0.2, 0.25) is 0 Å². The van der Waals surface area contributed by atoms with Crippen molar-refractivity contribution in [2.75, 3.05) is 24.6 Å². The number of amides is 2. The first-order chi connectivity index (χ1) is 15.0. The quantitative estimate of drug-likeness (QED) is 0.453. The monoisotopic (exact) mass is 419 g/mol. The largest absolute Gasteiger partial charge is 0.452 e. The van der Waals surface area contributed by atoms with Crippen molar-refractivity contribution in [2.24, 2.45) is 0 Å². The number of rotatable bonds is 7. The van der Waals surface area contributed by atoms with E-state index >= 15 is 0 Å². The summed E-state index contributed by atoms with van der Waals surface area (Å²) in [5, 5.41) is 1.91. The molecule has 7 heteroatoms. The molecule has 3 rings (SSSR count). The Labute approximate surface area is 181 Å². The van der Waals surface area contributed by atoms with Crippen molar-refractivity contribution in [3.05, 3.63) is 77.9 Å². The van der Waals surface area contributed by atoms with E-state index in [4.69, 9.17) is 4.74 Å². The van der Waals surface area contributed by atoms with Gasteiger partial charge in [0.15, 0.2) is 6.61 Å². The molecule has 0 saturated carbocycles. The zero-order chi connectivity index (χ0) is 22.2. The fourth-order valence-electron chi connectivity index (χ4n) is 3.18. The second-order valence-corrected chi connectivity index (χ2v) is 6.86. The molecule has 3 aromatic carbocycles. The topological polar surface area (TPSA) is 87.7 Å². The third-order valence-corrected chi connectivity index (χ3v) is 4.89. The van der Waals surface area contributed by atoms with Crippen LogP contribution >= 0.6 is 0 Å². The van der Waals surface area contributed by atoms with Crippen LogP contribution in [-0.4, -0.2) is 37.5 Å². The molecular formula is C24H25N3O4. The summed E-state index contributed by atoms with van der Waals surface area (Å²) in [7, 11) is 0. The van der Waals surface area contributed by atoms with Gasteiger partial charge in [0.25, 0.3) is 11.8 Å². The standard InChI is InChI=1S/C24H25N3O4/c1-3-27(4-2)21-13-11-18(12-14-21)23(29)26-25-22(28)16-31-24(30)20-10-9-17-7-5-6-8-19(17)15-20/h5-15H,3-4,16H2,1-2H3,(H,25,28)(H,26,29). The lowest BCUT2D eigenvalue weighted by Crippen LogP contribution is -2.43. The second-order valence-electron chi connectivity index (χ2n) is 6.86. The fourth-order valence-corrected chi connectivity index (χ4v) is 3.18. The minimum absolute atomic E-state index is 0.351. The smallest absolute Gasteiger partial charge is 0.338 e. The molecule has 0 atom stereocenters. The first kappa shape index (κ1) is 21.8. The summed E-state index contributed by atoms with van der Waals surface area (Å²) in [6, 6.07) is 19.9. The molecule has 0 aliphatic heterocycles. The Kier molecular flexibility index (Phi) is 7.22. The molecular weight excluding hydrogens is 394 g/mol. The van der Waals surface area contributed by atoms with E-state index in [2.05, 4.69) is 29.6 Å². The third-order valence-electron chi connectivity index (χ3n) is 4.89. The summed E-state index contributed by atoms with van der Waals surface area (Å²) in [5.41, 5.74) is 6.35. The van der Waals surface area contributed by atoms with Crippen molar-refractivity contribution in [1.29, 1.82) is 0 Å². The van der Waals surface area contributed by atoms with Gasteiger partial charge in [0, 0.05) is 24.3 Å². The molecule has 160 valence electrons. The molecule has 0 bridgehead atoms. The SMILES string of the molecule is CCN(CC)c1ccc(C(=O)NNC(=O)COC(=O)c2ccc3ccccc3c2)cc1. The van der Waals surface area contributed by atoms with Crippen LogP contribution in [0, 0.1) is 0 Å². The van der Waals surface area contributed by atoms with Crippen molar-refractivity contribution in [3.8, 4) is 0 Å². The van der Waals surface area contributed by atoms with Crippen LogP contribution < -0.4 is 15.8 Å². The van der Waals surface area contributed by atoms with Crippen LogP contribution in [0.15, 0.2) is 66.7 Å². The summed E-state index contributed by atoms with van der Waals surface area (Å²) >= 11 is 0. The Bertz CT molecular complexity index is 1080. The number of hydrogen-bond donors (Lipinski definition) is 2. The van der Waals surface area contributed by atoms with E-state index in [0.29, 0.717) is 11.1 Å². The van der Waals surface area contributed by atoms with Crippen LogP contribution in [0.5, 0.6) is 0 Å². The summed E-state index contributed by atoms with van der Waals surface area (Å²) in [6.07, 6.45) is 0. The summed E-state index contributed by atoms with van der Waals surface area (Å²) in [4.78, 5) is 38.5. The van der Waals surface area contributed by atoms with Gasteiger partial charge >= 0.3 is 5.97 Å². The van der Waals surface area contributed by atoms with Crippen LogP contribution in [0.1, 0.15) is 34.6 Å². The third kappa shape index (κ3) is 5.60. The van der Waals surface area contributed by atoms with Crippen LogP contribution in [0.3, 0.4) is 0 Å². The van der Waals surface area contributed by atoms with E-state index in [1.807, 2.05) is 42.5 Å². The van der Waals surface area contributed by atoms with Crippen molar-refractivity contribution in [2.45, 2.75) is 13.8 Å². The average molecular weight is 419 g/mol. The van der Waals surface area contributed by atoms with Crippen LogP contribution in [0.25, 0.3) is 10.8 Å². The highest BCUT2D eigenvalue weighted by Gasteiger charge is 2.12. The molecule has 0 aliphatic rings. The predicted octanol–water partition coefficient (Wildman–Crippen LogP) is 3.30. The lowest BCUT2D eigenvalue weighted by Gasteiger charge is -2.21. The van der Waals surface area contributed by atoms with E-state index in [1.54, 1.807) is 24.3 Å². The van der Waals surface area contributed by atoms with Gasteiger partial charge in [-0.1, -0.05) is 30.3 Å². The minimum Gasteiger partial charge on any atom is -0.452 e. The molecule has 2 N–H and O–H groups in total. The predicted molar refractivity (Wildman–Crippen MR) is 120 cm³/mol. The zero-order valence-electron chi connectivity index (χ0n) is 17.6. The van der Waals surface area contributed by atoms with Gasteiger partial charge < -0.3 is 9.64 Å². The van der Waals surface area contributed by atoms with Gasteiger partial charge in [-0.05, 0) is 61.0 Å². The number of carbonyl (C=O) groups is 3. The highest BCUT2D eigenvalue weighted by Crippen LogP contribution is 2.16. The van der Waals surface area contributed by atoms with Gasteiger partial charge in [0.05, 0.1) is 5.56 Å². The number of carbonyl (C=O) groups excluding carboxylic acids is 3. The second kappa shape index (κ2) is 10.2. The zero-order valence-corrected chi connectivity index (χ0v) is 17.6. The van der Waals surface area contributed by atoms with E-state index in [1.165, 1.54) is 0 Å². The van der Waals surface area contributed by atoms with Crippen LogP contribution in [0.2, 0.25) is 0 Å². The van der Waals surface area contributed by atoms with Crippen LogP contribution in [0.4, 0.5) is 5.69 Å². The molecule has 3 aromatic rings. The highest BCUT2D eigenvalue weighted by atomic mass is 16.5. The number of ether oxygens (including phenoxy) is 1. The Hall–Kier alpha value is -3.87. The van der Waals surface area contributed by atoms with E-state index in [9.17, 15) is 14.4 Å². The Morgan fingerprint density at radius 3 is 2.13 bits per heavy atom. The van der Waals surface area contributed by atoms with E-state index in [-0.39, 0.29) is 0 Å². The number of hydrazine groups is 1. The molecule has 31 heavy (non-hydrogen) atoms. The van der Waals surface area contributed by atoms with Crippen LogP contribution in [-0.2, 0) is 9.53 Å². The molecule has 0 unspecified atom stereocenters. The lowest BCUT2D eigenvalue weighted by atomic mass is 10.1. The van der Waals surface area contributed by atoms with E-state index < -0.39 is 24.4 Å². The van der Waals surface area contributed by atoms with Gasteiger partial charge in [-0.15, -0.1) is 0 Å². The number of nitrogens with zero attached hydrogens (tertiary/aromatic N) is 1. The van der Waals surface area contributed by atoms with Gasteiger partial charge in [-0.25, -0.2) is 4.79 Å². The molecule has 2 amide bonds. The molecule has 0 radical (unpaired) electrons. The first-order valence-corrected chi connectivity index (χ1v) is 10.1. The fraction of sp³-hybridized carbons (Fsp3) is 0.208. The average Bonchev–Trinajstić information content (AvgIpc) is 2.81. The Morgan fingerprint density at radius 1 is 0.806 bits per heavy atom. The number of fused-ring (bicyclic) bond motifs is 1. The Morgan fingerprint density at radius 2 is 1.45 bits per heavy atom. The van der Waals surface area contributed by atoms with Gasteiger partial charge in [0.1, 0.15) is 0 Å². The number of nitrogens with one attached hydrogen (secondary N) is 2. The van der Waals surface area contributed by atoms with Crippen molar-refractivity contribution in [3.63, 3.8) is 0 Å². The van der Waals surface area contributed by atoms with Crippen molar-refractivity contribution >= 4 is 34.2 Å². The molecule has 0 aromatic heterocycles. The number of benzene rings is 3. The first-order valence-electron chi connectivity index (χ1n) is 10.1. The lowest BCUT2D eigenvalue weighted by molar-refractivity contribution is -0.125. The molecule has 0 spiro atoms. The minimum atomic E-state index is -0.637. The highest BCUT2D eigenvalue weighted by molar-refractivity contribution is 5.97. The normalized spacial score (nSPS) is 10.4. The maximum atomic E-state index is 12.2. The maximum absolute atomic E-state index is 12.2. The number of anilines is 1. The molecule has 7 nitrogen and oxygen atoms in total. The number of esters is 1. The summed E-state index contributed by atoms with van der Waals surface area (Å²) in [5.74, 6) is -1.71. The van der Waals surface area contributed by atoms with Gasteiger partial charge in [-0.3, -0.25) is 20.4 Å². The van der Waals surface area contributed by atoms with Crippen molar-refractivity contribution < 1.29 is 19.1 Å². The molecule has 0 saturated heterocycles. The van der Waals surface area contributed by atoms with E-state index in [0.717, 1.165) is 29.5 Å². The Balaban J connectivity index is 1.48. The summed E-state index contributed by atoms with van der Waals surface area (Å²) < 4.78 is 5.04. The molecule has 0 heterocycles. The summed E-state index contributed by atoms with van der Waals surface area (Å²) in [6.45, 7) is 5.36.